The first-order chi connectivity index (χ1) is 11.5. The summed E-state index contributed by atoms with van der Waals surface area (Å²) in [6, 6.07) is 19.1. The second-order valence-corrected chi connectivity index (χ2v) is 7.29. The molecule has 3 aromatic carbocycles. The van der Waals surface area contributed by atoms with Crippen LogP contribution in [-0.4, -0.2) is 7.85 Å². The second kappa shape index (κ2) is 7.22. The van der Waals surface area contributed by atoms with Crippen molar-refractivity contribution < 1.29 is 0 Å². The SMILES string of the molecule is [B]c1ccc(-c2ccc(-c3ccc(CC)c(C)c3P)cc2P)cc1. The number of rotatable bonds is 3. The Morgan fingerprint density at radius 2 is 1.46 bits per heavy atom. The summed E-state index contributed by atoms with van der Waals surface area (Å²) >= 11 is 0. The zero-order valence-corrected chi connectivity index (χ0v) is 16.4. The third-order valence-corrected chi connectivity index (χ3v) is 5.81. The van der Waals surface area contributed by atoms with Crippen LogP contribution in [0.25, 0.3) is 22.3 Å². The Kier molecular flexibility index (Phi) is 5.24. The molecule has 0 spiro atoms. The molecule has 0 bridgehead atoms. The molecular formula is C21H21BP2. The molecule has 2 atom stereocenters. The van der Waals surface area contributed by atoms with Crippen molar-refractivity contribution in [1.82, 2.24) is 0 Å². The van der Waals surface area contributed by atoms with Gasteiger partial charge >= 0.3 is 0 Å². The maximum absolute atomic E-state index is 5.79. The molecule has 0 amide bonds. The van der Waals surface area contributed by atoms with Gasteiger partial charge in [0.25, 0.3) is 0 Å². The highest BCUT2D eigenvalue weighted by atomic mass is 31.0. The summed E-state index contributed by atoms with van der Waals surface area (Å²) in [5.74, 6) is 0. The van der Waals surface area contributed by atoms with Crippen molar-refractivity contribution >= 4 is 42.4 Å². The van der Waals surface area contributed by atoms with Crippen molar-refractivity contribution in [3.05, 3.63) is 65.7 Å². The lowest BCUT2D eigenvalue weighted by Crippen LogP contribution is -2.07. The molecule has 2 unspecified atom stereocenters. The molecule has 0 saturated carbocycles. The average Bonchev–Trinajstić information content (AvgIpc) is 2.58. The van der Waals surface area contributed by atoms with E-state index in [1.165, 1.54) is 44.0 Å². The molecule has 0 nitrogen and oxygen atoms in total. The van der Waals surface area contributed by atoms with Crippen LogP contribution in [0.4, 0.5) is 0 Å². The second-order valence-electron chi connectivity index (χ2n) is 6.09. The molecule has 24 heavy (non-hydrogen) atoms. The van der Waals surface area contributed by atoms with E-state index in [4.69, 9.17) is 7.85 Å². The number of hydrogen-bond acceptors (Lipinski definition) is 0. The summed E-state index contributed by atoms with van der Waals surface area (Å²) in [6.07, 6.45) is 1.07. The standard InChI is InChI=1S/C21H21BP2/c1-3-14-6-11-19(21(24)13(14)2)16-7-10-18(20(23)12-16)15-4-8-17(22)9-5-15/h4-12H,3,23-24H2,1-2H3. The zero-order chi connectivity index (χ0) is 17.3. The van der Waals surface area contributed by atoms with E-state index in [0.717, 1.165) is 11.9 Å². The predicted molar refractivity (Wildman–Crippen MR) is 116 cm³/mol. The monoisotopic (exact) mass is 346 g/mol. The van der Waals surface area contributed by atoms with Crippen molar-refractivity contribution in [3.8, 4) is 22.3 Å². The largest absolute Gasteiger partial charge is 0.113 e. The van der Waals surface area contributed by atoms with E-state index in [9.17, 15) is 0 Å². The predicted octanol–water partition coefficient (Wildman–Crippen LogP) is 3.69. The van der Waals surface area contributed by atoms with Crippen LogP contribution in [0.15, 0.2) is 54.6 Å². The lowest BCUT2D eigenvalue weighted by Gasteiger charge is -2.14. The quantitative estimate of drug-likeness (QED) is 0.501. The van der Waals surface area contributed by atoms with Gasteiger partial charge in [0.1, 0.15) is 7.85 Å². The van der Waals surface area contributed by atoms with E-state index in [-0.39, 0.29) is 0 Å². The minimum Gasteiger partial charge on any atom is -0.105 e. The molecule has 3 rings (SSSR count). The molecular weight excluding hydrogens is 325 g/mol. The fraction of sp³-hybridized carbons (Fsp3) is 0.143. The van der Waals surface area contributed by atoms with E-state index in [1.807, 2.05) is 12.1 Å². The summed E-state index contributed by atoms with van der Waals surface area (Å²) in [7, 11) is 11.6. The summed E-state index contributed by atoms with van der Waals surface area (Å²) < 4.78 is 0. The van der Waals surface area contributed by atoms with Gasteiger partial charge < -0.3 is 0 Å². The summed E-state index contributed by atoms with van der Waals surface area (Å²) in [4.78, 5) is 0. The van der Waals surface area contributed by atoms with Crippen LogP contribution in [0.3, 0.4) is 0 Å². The number of aryl methyl sites for hydroxylation is 1. The summed E-state index contributed by atoms with van der Waals surface area (Å²) in [6.45, 7) is 4.41. The van der Waals surface area contributed by atoms with Crippen LogP contribution in [0.5, 0.6) is 0 Å². The highest BCUT2D eigenvalue weighted by Gasteiger charge is 2.09. The van der Waals surface area contributed by atoms with Crippen LogP contribution < -0.4 is 16.1 Å². The molecule has 3 heteroatoms. The molecule has 0 aliphatic heterocycles. The minimum absolute atomic E-state index is 0.791. The van der Waals surface area contributed by atoms with Crippen LogP contribution in [0.1, 0.15) is 18.1 Å². The van der Waals surface area contributed by atoms with Crippen molar-refractivity contribution in [3.63, 3.8) is 0 Å². The Bertz CT molecular complexity index is 883. The van der Waals surface area contributed by atoms with E-state index in [2.05, 4.69) is 74.8 Å². The van der Waals surface area contributed by atoms with E-state index >= 15 is 0 Å². The van der Waals surface area contributed by atoms with Crippen LogP contribution in [0, 0.1) is 6.92 Å². The third kappa shape index (κ3) is 3.34. The minimum atomic E-state index is 0.791. The van der Waals surface area contributed by atoms with Gasteiger partial charge in [-0.2, -0.15) is 0 Å². The molecule has 2 radical (unpaired) electrons. The third-order valence-electron chi connectivity index (χ3n) is 4.59. The molecule has 0 fully saturated rings. The lowest BCUT2D eigenvalue weighted by molar-refractivity contribution is 1.12. The van der Waals surface area contributed by atoms with Crippen molar-refractivity contribution in [2.24, 2.45) is 0 Å². The summed E-state index contributed by atoms with van der Waals surface area (Å²) in [5, 5.41) is 2.48. The Hall–Kier alpha value is -1.42. The molecule has 0 aliphatic carbocycles. The molecule has 0 aromatic heterocycles. The van der Waals surface area contributed by atoms with Gasteiger partial charge in [-0.15, -0.1) is 18.5 Å². The average molecular weight is 346 g/mol. The van der Waals surface area contributed by atoms with Gasteiger partial charge in [0.2, 0.25) is 0 Å². The molecule has 0 saturated heterocycles. The van der Waals surface area contributed by atoms with Crippen molar-refractivity contribution in [2.75, 3.05) is 0 Å². The van der Waals surface area contributed by atoms with Gasteiger partial charge in [-0.25, -0.2) is 0 Å². The van der Waals surface area contributed by atoms with E-state index in [0.29, 0.717) is 0 Å². The maximum Gasteiger partial charge on any atom is 0.113 e. The van der Waals surface area contributed by atoms with Crippen LogP contribution >= 0.6 is 18.5 Å². The normalized spacial score (nSPS) is 10.8. The smallest absolute Gasteiger partial charge is 0.105 e. The number of benzene rings is 3. The maximum atomic E-state index is 5.79. The molecule has 0 heterocycles. The first kappa shape index (κ1) is 17.4. The van der Waals surface area contributed by atoms with Gasteiger partial charge in [0.05, 0.1) is 0 Å². The summed E-state index contributed by atoms with van der Waals surface area (Å²) in [5.41, 5.74) is 8.50. The first-order valence-electron chi connectivity index (χ1n) is 8.15. The Morgan fingerprint density at radius 1 is 0.833 bits per heavy atom. The van der Waals surface area contributed by atoms with Crippen LogP contribution in [-0.2, 0) is 6.42 Å². The first-order valence-corrected chi connectivity index (χ1v) is 9.30. The molecule has 118 valence electrons. The Labute approximate surface area is 150 Å². The van der Waals surface area contributed by atoms with E-state index < -0.39 is 0 Å². The van der Waals surface area contributed by atoms with Crippen molar-refractivity contribution in [2.45, 2.75) is 20.3 Å². The van der Waals surface area contributed by atoms with Gasteiger partial charge in [0.15, 0.2) is 0 Å². The fourth-order valence-corrected chi connectivity index (χ4v) is 3.95. The highest BCUT2D eigenvalue weighted by Crippen LogP contribution is 2.26. The topological polar surface area (TPSA) is 0 Å². The lowest BCUT2D eigenvalue weighted by atomic mass is 9.93. The Balaban J connectivity index is 2.04. The zero-order valence-electron chi connectivity index (χ0n) is 14.1. The Morgan fingerprint density at radius 3 is 2.08 bits per heavy atom. The fourth-order valence-electron chi connectivity index (χ4n) is 3.06. The number of hydrogen-bond donors (Lipinski definition) is 0. The highest BCUT2D eigenvalue weighted by molar-refractivity contribution is 7.28. The van der Waals surface area contributed by atoms with Gasteiger partial charge in [-0.05, 0) is 63.4 Å². The molecule has 0 aliphatic rings. The van der Waals surface area contributed by atoms with Gasteiger partial charge in [-0.3, -0.25) is 0 Å². The van der Waals surface area contributed by atoms with Crippen molar-refractivity contribution in [1.29, 1.82) is 0 Å². The molecule has 0 N–H and O–H groups in total. The molecule has 3 aromatic rings. The van der Waals surface area contributed by atoms with E-state index in [1.54, 1.807) is 0 Å². The van der Waals surface area contributed by atoms with Gasteiger partial charge in [0, 0.05) is 0 Å². The van der Waals surface area contributed by atoms with Gasteiger partial charge in [-0.1, -0.05) is 60.9 Å². The van der Waals surface area contributed by atoms with Crippen LogP contribution in [0.2, 0.25) is 0 Å².